The lowest BCUT2D eigenvalue weighted by Crippen LogP contribution is -2.28. The molecule has 0 spiro atoms. The fourth-order valence-corrected chi connectivity index (χ4v) is 1.48. The SMILES string of the molecule is CC(C)(C)CCC(=O)NCCOCCC(=O)C(C)(C)C. The second kappa shape index (κ2) is 8.40. The lowest BCUT2D eigenvalue weighted by atomic mass is 9.89. The fourth-order valence-electron chi connectivity index (χ4n) is 1.48. The van der Waals surface area contributed by atoms with Gasteiger partial charge < -0.3 is 10.1 Å². The smallest absolute Gasteiger partial charge is 0.220 e. The second-order valence-electron chi connectivity index (χ2n) is 7.45. The first-order valence-corrected chi connectivity index (χ1v) is 7.40. The van der Waals surface area contributed by atoms with Crippen LogP contribution in [0, 0.1) is 10.8 Å². The van der Waals surface area contributed by atoms with Crippen LogP contribution in [0.25, 0.3) is 0 Å². The van der Waals surface area contributed by atoms with Gasteiger partial charge in [0.05, 0.1) is 13.2 Å². The van der Waals surface area contributed by atoms with Crippen LogP contribution >= 0.6 is 0 Å². The van der Waals surface area contributed by atoms with E-state index in [1.165, 1.54) is 0 Å². The van der Waals surface area contributed by atoms with Crippen LogP contribution in [-0.4, -0.2) is 31.4 Å². The number of hydrogen-bond donors (Lipinski definition) is 1. The number of ketones is 1. The average Bonchev–Trinajstić information content (AvgIpc) is 2.28. The van der Waals surface area contributed by atoms with E-state index >= 15 is 0 Å². The van der Waals surface area contributed by atoms with Gasteiger partial charge in [-0.05, 0) is 11.8 Å². The van der Waals surface area contributed by atoms with Crippen molar-refractivity contribution in [2.75, 3.05) is 19.8 Å². The van der Waals surface area contributed by atoms with E-state index in [9.17, 15) is 9.59 Å². The first kappa shape index (κ1) is 19.1. The zero-order chi connectivity index (χ0) is 15.8. The van der Waals surface area contributed by atoms with Crippen molar-refractivity contribution in [1.82, 2.24) is 5.32 Å². The molecule has 4 nitrogen and oxygen atoms in total. The number of rotatable bonds is 8. The van der Waals surface area contributed by atoms with E-state index in [2.05, 4.69) is 26.1 Å². The van der Waals surface area contributed by atoms with Crippen LogP contribution in [0.15, 0.2) is 0 Å². The highest BCUT2D eigenvalue weighted by Crippen LogP contribution is 2.20. The summed E-state index contributed by atoms with van der Waals surface area (Å²) in [7, 11) is 0. The molecule has 0 atom stereocenters. The lowest BCUT2D eigenvalue weighted by molar-refractivity contribution is -0.127. The third kappa shape index (κ3) is 11.0. The van der Waals surface area contributed by atoms with Gasteiger partial charge in [-0.2, -0.15) is 0 Å². The Hall–Kier alpha value is -0.900. The Morgan fingerprint density at radius 1 is 0.950 bits per heavy atom. The number of amides is 1. The maximum Gasteiger partial charge on any atom is 0.220 e. The Bertz CT molecular complexity index is 311. The summed E-state index contributed by atoms with van der Waals surface area (Å²) in [6.45, 7) is 13.5. The lowest BCUT2D eigenvalue weighted by Gasteiger charge is -2.17. The Labute approximate surface area is 123 Å². The number of hydrogen-bond acceptors (Lipinski definition) is 3. The van der Waals surface area contributed by atoms with Crippen LogP contribution < -0.4 is 5.32 Å². The van der Waals surface area contributed by atoms with E-state index in [1.54, 1.807) is 0 Å². The summed E-state index contributed by atoms with van der Waals surface area (Å²) < 4.78 is 5.36. The molecule has 0 saturated carbocycles. The maximum atomic E-state index is 11.6. The molecule has 0 aromatic heterocycles. The summed E-state index contributed by atoms with van der Waals surface area (Å²) in [5.41, 5.74) is -0.119. The molecule has 1 N–H and O–H groups in total. The van der Waals surface area contributed by atoms with Gasteiger partial charge in [0.1, 0.15) is 5.78 Å². The molecular formula is C16H31NO3. The molecule has 0 unspecified atom stereocenters. The summed E-state index contributed by atoms with van der Waals surface area (Å²) in [4.78, 5) is 23.2. The summed E-state index contributed by atoms with van der Waals surface area (Å²) >= 11 is 0. The zero-order valence-corrected chi connectivity index (χ0v) is 14.0. The minimum Gasteiger partial charge on any atom is -0.379 e. The number of Topliss-reactive ketones (excluding diaryl/α,β-unsaturated/α-hetero) is 1. The molecule has 0 fully saturated rings. The van der Waals surface area contributed by atoms with Crippen LogP contribution in [0.5, 0.6) is 0 Å². The van der Waals surface area contributed by atoms with E-state index in [0.717, 1.165) is 6.42 Å². The summed E-state index contributed by atoms with van der Waals surface area (Å²) in [5.74, 6) is 0.265. The first-order chi connectivity index (χ1) is 9.02. The molecular weight excluding hydrogens is 254 g/mol. The largest absolute Gasteiger partial charge is 0.379 e. The fraction of sp³-hybridized carbons (Fsp3) is 0.875. The van der Waals surface area contributed by atoms with Crippen molar-refractivity contribution in [3.63, 3.8) is 0 Å². The normalized spacial score (nSPS) is 12.3. The predicted octanol–water partition coefficient (Wildman–Crippen LogP) is 2.95. The van der Waals surface area contributed by atoms with E-state index in [0.29, 0.717) is 32.6 Å². The van der Waals surface area contributed by atoms with Crippen molar-refractivity contribution in [3.8, 4) is 0 Å². The van der Waals surface area contributed by atoms with Crippen molar-refractivity contribution >= 4 is 11.7 Å². The molecule has 0 radical (unpaired) electrons. The van der Waals surface area contributed by atoms with Gasteiger partial charge in [0, 0.05) is 24.8 Å². The monoisotopic (exact) mass is 285 g/mol. The van der Waals surface area contributed by atoms with Crippen LogP contribution in [-0.2, 0) is 14.3 Å². The van der Waals surface area contributed by atoms with Crippen molar-refractivity contribution in [3.05, 3.63) is 0 Å². The van der Waals surface area contributed by atoms with Gasteiger partial charge in [-0.1, -0.05) is 41.5 Å². The summed E-state index contributed by atoms with van der Waals surface area (Å²) in [6.07, 6.45) is 1.85. The van der Waals surface area contributed by atoms with Gasteiger partial charge in [0.2, 0.25) is 5.91 Å². The Morgan fingerprint density at radius 2 is 1.55 bits per heavy atom. The van der Waals surface area contributed by atoms with Gasteiger partial charge in [-0.25, -0.2) is 0 Å². The van der Waals surface area contributed by atoms with Crippen LogP contribution in [0.3, 0.4) is 0 Å². The maximum absolute atomic E-state index is 11.6. The topological polar surface area (TPSA) is 55.4 Å². The van der Waals surface area contributed by atoms with Gasteiger partial charge in [0.15, 0.2) is 0 Å². The van der Waals surface area contributed by atoms with Gasteiger partial charge in [-0.15, -0.1) is 0 Å². The number of nitrogens with one attached hydrogen (secondary N) is 1. The third-order valence-electron chi connectivity index (χ3n) is 2.98. The van der Waals surface area contributed by atoms with E-state index in [-0.39, 0.29) is 22.5 Å². The zero-order valence-electron chi connectivity index (χ0n) is 14.0. The average molecular weight is 285 g/mol. The highest BCUT2D eigenvalue weighted by molar-refractivity contribution is 5.83. The first-order valence-electron chi connectivity index (χ1n) is 7.40. The van der Waals surface area contributed by atoms with Gasteiger partial charge >= 0.3 is 0 Å². The molecule has 118 valence electrons. The van der Waals surface area contributed by atoms with Crippen LogP contribution in [0.2, 0.25) is 0 Å². The van der Waals surface area contributed by atoms with Gasteiger partial charge in [-0.3, -0.25) is 9.59 Å². The number of carbonyl (C=O) groups excluding carboxylic acids is 2. The molecule has 0 aliphatic rings. The van der Waals surface area contributed by atoms with Crippen molar-refractivity contribution in [2.45, 2.75) is 60.8 Å². The molecule has 0 bridgehead atoms. The highest BCUT2D eigenvalue weighted by Gasteiger charge is 2.20. The number of carbonyl (C=O) groups is 2. The van der Waals surface area contributed by atoms with Crippen LogP contribution in [0.4, 0.5) is 0 Å². The molecule has 1 amide bonds. The Morgan fingerprint density at radius 3 is 2.05 bits per heavy atom. The van der Waals surface area contributed by atoms with E-state index in [4.69, 9.17) is 4.74 Å². The van der Waals surface area contributed by atoms with Crippen molar-refractivity contribution in [1.29, 1.82) is 0 Å². The minimum atomic E-state index is -0.301. The molecule has 20 heavy (non-hydrogen) atoms. The molecule has 0 aromatic rings. The predicted molar refractivity (Wildman–Crippen MR) is 81.6 cm³/mol. The van der Waals surface area contributed by atoms with Gasteiger partial charge in [0.25, 0.3) is 0 Å². The molecule has 0 rings (SSSR count). The molecule has 0 aromatic carbocycles. The molecule has 0 aliphatic heterocycles. The van der Waals surface area contributed by atoms with E-state index in [1.807, 2.05) is 20.8 Å². The second-order valence-corrected chi connectivity index (χ2v) is 7.45. The molecule has 0 saturated heterocycles. The Kier molecular flexibility index (Phi) is 8.02. The Balaban J connectivity index is 3.54. The highest BCUT2D eigenvalue weighted by atomic mass is 16.5. The molecule has 0 heterocycles. The standard InChI is InChI=1S/C16H31NO3/c1-15(2,3)9-7-14(19)17-10-12-20-11-8-13(18)16(4,5)6/h7-12H2,1-6H3,(H,17,19). The molecule has 4 heteroatoms. The van der Waals surface area contributed by atoms with Crippen molar-refractivity contribution < 1.29 is 14.3 Å². The van der Waals surface area contributed by atoms with E-state index < -0.39 is 0 Å². The van der Waals surface area contributed by atoms with Crippen LogP contribution in [0.1, 0.15) is 60.8 Å². The quantitative estimate of drug-likeness (QED) is 0.698. The molecule has 0 aliphatic carbocycles. The summed E-state index contributed by atoms with van der Waals surface area (Å²) in [5, 5.41) is 2.82. The van der Waals surface area contributed by atoms with Crippen molar-refractivity contribution in [2.24, 2.45) is 10.8 Å². The number of ether oxygens (including phenoxy) is 1. The minimum absolute atomic E-state index is 0.0642. The third-order valence-corrected chi connectivity index (χ3v) is 2.98. The summed E-state index contributed by atoms with van der Waals surface area (Å²) in [6, 6.07) is 0.